The van der Waals surface area contributed by atoms with Crippen LogP contribution < -0.4 is 0 Å². The fraction of sp³-hybridized carbons (Fsp3) is 0.611. The summed E-state index contributed by atoms with van der Waals surface area (Å²) in [5, 5.41) is 0. The normalized spacial score (nSPS) is 24.1. The van der Waals surface area contributed by atoms with Gasteiger partial charge in [-0.3, -0.25) is 9.36 Å². The van der Waals surface area contributed by atoms with E-state index in [1.165, 1.54) is 0 Å². The zero-order chi connectivity index (χ0) is 17.8. The van der Waals surface area contributed by atoms with Crippen LogP contribution in [0.5, 0.6) is 0 Å². The van der Waals surface area contributed by atoms with E-state index in [4.69, 9.17) is 9.05 Å². The molecule has 1 saturated heterocycles. The molecule has 0 radical (unpaired) electrons. The molecule has 0 aliphatic carbocycles. The molecule has 1 aliphatic heterocycles. The van der Waals surface area contributed by atoms with Gasteiger partial charge in [-0.1, -0.05) is 43.7 Å². The van der Waals surface area contributed by atoms with E-state index in [-0.39, 0.29) is 19.1 Å². The Bertz CT molecular complexity index is 596. The molecule has 0 aromatic heterocycles. The van der Waals surface area contributed by atoms with Gasteiger partial charge in [0.1, 0.15) is 0 Å². The largest absolute Gasteiger partial charge is 0.345 e. The van der Waals surface area contributed by atoms with Gasteiger partial charge in [0.25, 0.3) is 0 Å². The first-order valence-electron chi connectivity index (χ1n) is 8.71. The molecule has 1 aromatic carbocycles. The quantitative estimate of drug-likeness (QED) is 0.494. The Morgan fingerprint density at radius 1 is 1.12 bits per heavy atom. The maximum Gasteiger partial charge on any atom is 0.345 e. The van der Waals surface area contributed by atoms with E-state index >= 15 is 0 Å². The van der Waals surface area contributed by atoms with Gasteiger partial charge in [0.2, 0.25) is 5.91 Å². The van der Waals surface area contributed by atoms with Crippen LogP contribution in [0.3, 0.4) is 0 Å². The first-order valence-corrected chi connectivity index (χ1v) is 10.3. The van der Waals surface area contributed by atoms with Crippen LogP contribution in [0.25, 0.3) is 0 Å². The van der Waals surface area contributed by atoms with Gasteiger partial charge >= 0.3 is 7.60 Å². The van der Waals surface area contributed by atoms with Crippen LogP contribution in [0.1, 0.15) is 46.1 Å². The van der Waals surface area contributed by atoms with Crippen molar-refractivity contribution >= 4 is 13.5 Å². The van der Waals surface area contributed by atoms with Gasteiger partial charge in [0.05, 0.1) is 18.8 Å². The monoisotopic (exact) mass is 353 g/mol. The lowest BCUT2D eigenvalue weighted by molar-refractivity contribution is -0.156. The minimum absolute atomic E-state index is 0.139. The topological polar surface area (TPSA) is 55.8 Å². The molecule has 1 fully saturated rings. The molecular formula is C18H28NO4P. The van der Waals surface area contributed by atoms with Crippen molar-refractivity contribution in [1.29, 1.82) is 0 Å². The molecule has 6 heteroatoms. The molecule has 2 atom stereocenters. The Morgan fingerprint density at radius 2 is 1.71 bits per heavy atom. The second-order valence-electron chi connectivity index (χ2n) is 6.13. The van der Waals surface area contributed by atoms with E-state index in [1.807, 2.05) is 42.2 Å². The zero-order valence-electron chi connectivity index (χ0n) is 15.0. The highest BCUT2D eigenvalue weighted by atomic mass is 31.2. The predicted octanol–water partition coefficient (Wildman–Crippen LogP) is 4.18. The Hall–Kier alpha value is -1.16. The molecule has 134 valence electrons. The van der Waals surface area contributed by atoms with Crippen molar-refractivity contribution in [3.8, 4) is 0 Å². The van der Waals surface area contributed by atoms with Crippen LogP contribution in [0.15, 0.2) is 30.3 Å². The number of amides is 1. The first-order chi connectivity index (χ1) is 11.5. The summed E-state index contributed by atoms with van der Waals surface area (Å²) >= 11 is 0. The van der Waals surface area contributed by atoms with Gasteiger partial charge in [0.15, 0.2) is 5.66 Å². The lowest BCUT2D eigenvalue weighted by atomic mass is 9.78. The lowest BCUT2D eigenvalue weighted by Crippen LogP contribution is -2.70. The van der Waals surface area contributed by atoms with Gasteiger partial charge < -0.3 is 13.9 Å². The van der Waals surface area contributed by atoms with Gasteiger partial charge in [-0.05, 0) is 32.8 Å². The van der Waals surface area contributed by atoms with Crippen LogP contribution in [0.2, 0.25) is 0 Å². The van der Waals surface area contributed by atoms with Crippen molar-refractivity contribution in [2.45, 2.75) is 51.7 Å². The number of nitrogens with zero attached hydrogens (tertiary/aromatic N) is 1. The van der Waals surface area contributed by atoms with E-state index in [9.17, 15) is 9.36 Å². The average molecular weight is 353 g/mol. The third-order valence-electron chi connectivity index (χ3n) is 4.62. The van der Waals surface area contributed by atoms with E-state index in [0.29, 0.717) is 6.54 Å². The number of benzene rings is 1. The highest BCUT2D eigenvalue weighted by Gasteiger charge is 2.66. The van der Waals surface area contributed by atoms with Gasteiger partial charge in [0, 0.05) is 6.54 Å². The molecule has 0 N–H and O–H groups in total. The molecule has 5 nitrogen and oxygen atoms in total. The number of carbonyl (C=O) groups is 1. The lowest BCUT2D eigenvalue weighted by Gasteiger charge is -2.57. The second kappa shape index (κ2) is 7.81. The Labute approximate surface area is 144 Å². The standard InChI is InChI=1S/C18H28NO4P/c1-5-8-14-19-17(20)16(24(21,22-6-2)23-7-3)18(19,4)15-12-10-9-11-13-15/h9-13,16H,5-8,14H2,1-4H3/t16-,18+/m0/s1. The third-order valence-corrected chi connectivity index (χ3v) is 7.21. The molecule has 1 heterocycles. The molecule has 1 aromatic rings. The van der Waals surface area contributed by atoms with E-state index < -0.39 is 18.8 Å². The number of hydrogen-bond donors (Lipinski definition) is 0. The number of likely N-dealkylation sites (tertiary alicyclic amines) is 1. The summed E-state index contributed by atoms with van der Waals surface area (Å²) in [5.41, 5.74) is -0.498. The van der Waals surface area contributed by atoms with Crippen molar-refractivity contribution in [3.63, 3.8) is 0 Å². The molecule has 1 aliphatic rings. The van der Waals surface area contributed by atoms with Crippen molar-refractivity contribution in [2.24, 2.45) is 0 Å². The predicted molar refractivity (Wildman–Crippen MR) is 95.1 cm³/mol. The van der Waals surface area contributed by atoms with Crippen LogP contribution in [-0.2, 0) is 23.9 Å². The summed E-state index contributed by atoms with van der Waals surface area (Å²) in [7, 11) is -3.53. The number of carbonyl (C=O) groups excluding carboxylic acids is 1. The summed E-state index contributed by atoms with van der Waals surface area (Å²) in [5.74, 6) is -0.139. The maximum atomic E-state index is 13.3. The van der Waals surface area contributed by atoms with E-state index in [1.54, 1.807) is 13.8 Å². The fourth-order valence-electron chi connectivity index (χ4n) is 3.44. The maximum absolute atomic E-state index is 13.3. The second-order valence-corrected chi connectivity index (χ2v) is 8.25. The number of rotatable bonds is 9. The minimum Gasteiger partial charge on any atom is -0.331 e. The Balaban J connectivity index is 2.45. The minimum atomic E-state index is -3.53. The number of β-lactam (4-membered cyclic amide) rings is 1. The highest BCUT2D eigenvalue weighted by molar-refractivity contribution is 7.56. The van der Waals surface area contributed by atoms with Crippen LogP contribution >= 0.6 is 7.60 Å². The average Bonchev–Trinajstić information content (AvgIpc) is 2.56. The molecule has 0 bridgehead atoms. The van der Waals surface area contributed by atoms with E-state index in [0.717, 1.165) is 18.4 Å². The molecule has 24 heavy (non-hydrogen) atoms. The summed E-state index contributed by atoms with van der Waals surface area (Å²) in [4.78, 5) is 14.7. The summed E-state index contributed by atoms with van der Waals surface area (Å²) in [6, 6.07) is 9.75. The molecule has 0 unspecified atom stereocenters. The summed E-state index contributed by atoms with van der Waals surface area (Å²) in [6.45, 7) is 8.74. The molecule has 0 spiro atoms. The Kier molecular flexibility index (Phi) is 6.24. The van der Waals surface area contributed by atoms with Crippen molar-refractivity contribution < 1.29 is 18.4 Å². The third kappa shape index (κ3) is 3.17. The van der Waals surface area contributed by atoms with E-state index in [2.05, 4.69) is 6.92 Å². The fourth-order valence-corrected chi connectivity index (χ4v) is 5.84. The van der Waals surface area contributed by atoms with Crippen LogP contribution in [-0.4, -0.2) is 36.2 Å². The SMILES string of the molecule is CCCCN1C(=O)[C@H](P(=O)(OCC)OCC)[C@@]1(C)c1ccccc1. The molecule has 1 amide bonds. The van der Waals surface area contributed by atoms with Crippen molar-refractivity contribution in [2.75, 3.05) is 19.8 Å². The Morgan fingerprint density at radius 3 is 2.21 bits per heavy atom. The smallest absolute Gasteiger partial charge is 0.331 e. The van der Waals surface area contributed by atoms with Gasteiger partial charge in [-0.15, -0.1) is 0 Å². The number of unbranched alkanes of at least 4 members (excludes halogenated alkanes) is 1. The zero-order valence-corrected chi connectivity index (χ0v) is 15.9. The highest BCUT2D eigenvalue weighted by Crippen LogP contribution is 2.64. The van der Waals surface area contributed by atoms with Crippen molar-refractivity contribution in [1.82, 2.24) is 4.90 Å². The van der Waals surface area contributed by atoms with Crippen molar-refractivity contribution in [3.05, 3.63) is 35.9 Å². The first kappa shape index (κ1) is 19.2. The van der Waals surface area contributed by atoms with Crippen LogP contribution in [0, 0.1) is 0 Å². The summed E-state index contributed by atoms with van der Waals surface area (Å²) in [6.07, 6.45) is 1.91. The summed E-state index contributed by atoms with van der Waals surface area (Å²) < 4.78 is 24.3. The van der Waals surface area contributed by atoms with Gasteiger partial charge in [-0.2, -0.15) is 0 Å². The molecule has 2 rings (SSSR count). The molecular weight excluding hydrogens is 325 g/mol. The molecule has 0 saturated carbocycles. The van der Waals surface area contributed by atoms with Crippen LogP contribution in [0.4, 0.5) is 0 Å². The number of hydrogen-bond acceptors (Lipinski definition) is 4. The van der Waals surface area contributed by atoms with Gasteiger partial charge in [-0.25, -0.2) is 0 Å².